The number of para-hydroxylation sites is 1. The van der Waals surface area contributed by atoms with Gasteiger partial charge in [0.25, 0.3) is 5.76 Å². The van der Waals surface area contributed by atoms with Crippen LogP contribution in [0.4, 0.5) is 13.2 Å². The fourth-order valence-electron chi connectivity index (χ4n) is 3.67. The van der Waals surface area contributed by atoms with Gasteiger partial charge < -0.3 is 13.9 Å². The smallest absolute Gasteiger partial charge is 0.448 e. The van der Waals surface area contributed by atoms with E-state index in [1.54, 1.807) is 18.2 Å². The van der Waals surface area contributed by atoms with E-state index in [1.165, 1.54) is 18.2 Å². The summed E-state index contributed by atoms with van der Waals surface area (Å²) in [7, 11) is 0. The van der Waals surface area contributed by atoms with Crippen molar-refractivity contribution < 1.29 is 31.9 Å². The molecule has 2 aromatic carbocycles. The molecule has 0 atom stereocenters. The molecule has 3 aromatic rings. The Hall–Kier alpha value is -2.81. The molecule has 9 heteroatoms. The molecule has 0 bridgehead atoms. The van der Waals surface area contributed by atoms with Gasteiger partial charge in [-0.15, -0.1) is 0 Å². The van der Waals surface area contributed by atoms with Crippen molar-refractivity contribution in [1.82, 2.24) is 0 Å². The average Bonchev–Trinajstić information content (AvgIpc) is 2.76. The van der Waals surface area contributed by atoms with Gasteiger partial charge in [0.1, 0.15) is 17.1 Å². The van der Waals surface area contributed by atoms with Crippen molar-refractivity contribution in [2.75, 3.05) is 0 Å². The van der Waals surface area contributed by atoms with E-state index in [0.29, 0.717) is 4.47 Å². The van der Waals surface area contributed by atoms with Gasteiger partial charge in [-0.05, 0) is 53.0 Å². The van der Waals surface area contributed by atoms with Gasteiger partial charge in [0, 0.05) is 6.07 Å². The van der Waals surface area contributed by atoms with Crippen LogP contribution >= 0.6 is 15.9 Å². The van der Waals surface area contributed by atoms with Gasteiger partial charge in [-0.3, -0.25) is 9.59 Å². The summed E-state index contributed by atoms with van der Waals surface area (Å²) >= 11 is 3.18. The summed E-state index contributed by atoms with van der Waals surface area (Å²) in [5.74, 6) is -3.16. The molecule has 1 fully saturated rings. The predicted molar refractivity (Wildman–Crippen MR) is 114 cm³/mol. The molecule has 32 heavy (non-hydrogen) atoms. The Labute approximate surface area is 189 Å². The minimum atomic E-state index is -4.99. The molecule has 0 spiro atoms. The SMILES string of the molecule is O=C(Oc1ccc2c(=O)c(Oc3ccccc3Br)c(C(F)(F)F)oc2c1)C1CCCCC1. The largest absolute Gasteiger partial charge is 0.453 e. The molecule has 0 saturated heterocycles. The number of hydrogen-bond donors (Lipinski definition) is 0. The Morgan fingerprint density at radius 1 is 1.06 bits per heavy atom. The number of benzene rings is 2. The van der Waals surface area contributed by atoms with E-state index in [0.717, 1.165) is 38.2 Å². The Kier molecular flexibility index (Phi) is 6.28. The van der Waals surface area contributed by atoms with Crippen molar-refractivity contribution >= 4 is 32.9 Å². The number of ether oxygens (including phenoxy) is 2. The first kappa shape index (κ1) is 22.4. The lowest BCUT2D eigenvalue weighted by atomic mass is 9.89. The van der Waals surface area contributed by atoms with Crippen LogP contribution < -0.4 is 14.9 Å². The first-order valence-corrected chi connectivity index (χ1v) is 10.9. The number of rotatable bonds is 4. The first-order valence-electron chi connectivity index (χ1n) is 10.1. The third kappa shape index (κ3) is 4.67. The van der Waals surface area contributed by atoms with Crippen molar-refractivity contribution in [2.24, 2.45) is 5.92 Å². The van der Waals surface area contributed by atoms with Crippen LogP contribution in [0, 0.1) is 5.92 Å². The van der Waals surface area contributed by atoms with Gasteiger partial charge in [-0.2, -0.15) is 13.2 Å². The summed E-state index contributed by atoms with van der Waals surface area (Å²) in [5, 5.41) is -0.127. The zero-order valence-electron chi connectivity index (χ0n) is 16.7. The molecule has 0 aliphatic heterocycles. The highest BCUT2D eigenvalue weighted by molar-refractivity contribution is 9.10. The fraction of sp³-hybridized carbons (Fsp3) is 0.304. The highest BCUT2D eigenvalue weighted by Crippen LogP contribution is 2.40. The summed E-state index contributed by atoms with van der Waals surface area (Å²) in [4.78, 5) is 25.3. The number of esters is 1. The minimum absolute atomic E-state index is 0.0174. The molecule has 0 radical (unpaired) electrons. The molecule has 1 aliphatic carbocycles. The molecule has 0 amide bonds. The van der Waals surface area contributed by atoms with Crippen molar-refractivity contribution in [2.45, 2.75) is 38.3 Å². The molecule has 1 aromatic heterocycles. The van der Waals surface area contributed by atoms with Crippen molar-refractivity contribution in [3.8, 4) is 17.2 Å². The predicted octanol–water partition coefficient (Wildman–Crippen LogP) is 6.85. The Morgan fingerprint density at radius 3 is 2.47 bits per heavy atom. The summed E-state index contributed by atoms with van der Waals surface area (Å²) < 4.78 is 57.2. The maximum atomic E-state index is 13.7. The van der Waals surface area contributed by atoms with E-state index in [1.807, 2.05) is 0 Å². The van der Waals surface area contributed by atoms with Gasteiger partial charge in [0.15, 0.2) is 0 Å². The van der Waals surface area contributed by atoms with Crippen molar-refractivity contribution in [3.05, 3.63) is 62.9 Å². The van der Waals surface area contributed by atoms with Gasteiger partial charge in [-0.25, -0.2) is 0 Å². The molecule has 4 rings (SSSR count). The third-order valence-electron chi connectivity index (χ3n) is 5.29. The zero-order chi connectivity index (χ0) is 22.9. The minimum Gasteiger partial charge on any atom is -0.448 e. The average molecular weight is 511 g/mol. The standard InChI is InChI=1S/C23H18BrF3O5/c24-16-8-4-5-9-17(16)31-20-19(28)15-11-10-14(12-18(15)32-21(20)23(25,26)27)30-22(29)13-6-2-1-3-7-13/h4-5,8-13H,1-3,6-7H2. The lowest BCUT2D eigenvalue weighted by molar-refractivity contribution is -0.154. The van der Waals surface area contributed by atoms with Gasteiger partial charge in [0.2, 0.25) is 11.2 Å². The number of carbonyl (C=O) groups excluding carboxylic acids is 1. The number of fused-ring (bicyclic) bond motifs is 1. The molecule has 1 heterocycles. The quantitative estimate of drug-likeness (QED) is 0.283. The Bertz CT molecular complexity index is 1210. The van der Waals surface area contributed by atoms with Crippen LogP contribution in [0.1, 0.15) is 37.9 Å². The second-order valence-corrected chi connectivity index (χ2v) is 8.39. The van der Waals surface area contributed by atoms with Gasteiger partial charge >= 0.3 is 12.1 Å². The second kappa shape index (κ2) is 8.97. The molecule has 0 unspecified atom stereocenters. The molecule has 5 nitrogen and oxygen atoms in total. The molecular weight excluding hydrogens is 493 g/mol. The van der Waals surface area contributed by atoms with Crippen molar-refractivity contribution in [1.29, 1.82) is 0 Å². The summed E-state index contributed by atoms with van der Waals surface area (Å²) in [6, 6.07) is 9.94. The maximum absolute atomic E-state index is 13.7. The molecular formula is C23H18BrF3O5. The molecule has 168 valence electrons. The molecule has 1 saturated carbocycles. The van der Waals surface area contributed by atoms with Crippen LogP contribution in [0.2, 0.25) is 0 Å². The normalized spacial score (nSPS) is 15.0. The summed E-state index contributed by atoms with van der Waals surface area (Å²) in [5.41, 5.74) is -1.34. The van der Waals surface area contributed by atoms with E-state index >= 15 is 0 Å². The summed E-state index contributed by atoms with van der Waals surface area (Å²) in [6.07, 6.45) is -0.623. The van der Waals surface area contributed by atoms with Gasteiger partial charge in [-0.1, -0.05) is 31.4 Å². The Morgan fingerprint density at radius 2 is 1.78 bits per heavy atom. The van der Waals surface area contributed by atoms with E-state index < -0.39 is 29.1 Å². The van der Waals surface area contributed by atoms with Crippen molar-refractivity contribution in [3.63, 3.8) is 0 Å². The van der Waals surface area contributed by atoms with Gasteiger partial charge in [0.05, 0.1) is 15.8 Å². The third-order valence-corrected chi connectivity index (χ3v) is 5.94. The maximum Gasteiger partial charge on any atom is 0.453 e. The first-order chi connectivity index (χ1) is 15.2. The monoisotopic (exact) mass is 510 g/mol. The van der Waals surface area contributed by atoms with Crippen LogP contribution in [0.3, 0.4) is 0 Å². The number of halogens is 4. The second-order valence-electron chi connectivity index (χ2n) is 7.53. The molecule has 0 N–H and O–H groups in total. The number of hydrogen-bond acceptors (Lipinski definition) is 5. The van der Waals surface area contributed by atoms with E-state index in [2.05, 4.69) is 15.9 Å². The zero-order valence-corrected chi connectivity index (χ0v) is 18.3. The lowest BCUT2D eigenvalue weighted by Gasteiger charge is -2.19. The lowest BCUT2D eigenvalue weighted by Crippen LogP contribution is -2.22. The van der Waals surface area contributed by atoms with Crippen LogP contribution in [-0.2, 0) is 11.0 Å². The van der Waals surface area contributed by atoms with E-state index in [-0.39, 0.29) is 28.4 Å². The fourth-order valence-corrected chi connectivity index (χ4v) is 4.04. The van der Waals surface area contributed by atoms with Crippen LogP contribution in [0.5, 0.6) is 17.2 Å². The van der Waals surface area contributed by atoms with Crippen LogP contribution in [0.15, 0.2) is 56.1 Å². The number of carbonyl (C=O) groups is 1. The number of alkyl halides is 3. The van der Waals surface area contributed by atoms with E-state index in [9.17, 15) is 22.8 Å². The van der Waals surface area contributed by atoms with Crippen LogP contribution in [-0.4, -0.2) is 5.97 Å². The summed E-state index contributed by atoms with van der Waals surface area (Å²) in [6.45, 7) is 0. The highest BCUT2D eigenvalue weighted by Gasteiger charge is 2.40. The topological polar surface area (TPSA) is 65.7 Å². The Balaban J connectivity index is 1.73. The van der Waals surface area contributed by atoms with Crippen LogP contribution in [0.25, 0.3) is 11.0 Å². The molecule has 1 aliphatic rings. The van der Waals surface area contributed by atoms with E-state index in [4.69, 9.17) is 13.9 Å². The highest BCUT2D eigenvalue weighted by atomic mass is 79.9.